The number of alkyl halides is 2. The standard InChI is InChI=1S/C14H20F2N2/c1-14(2)9-18(3)11-6-4-5-10(13(11)14)7-17-8-12(15)16/h4-6,12,17H,7-9H2,1-3H3. The zero-order valence-electron chi connectivity index (χ0n) is 11.1. The van der Waals surface area contributed by atoms with Gasteiger partial charge in [-0.3, -0.25) is 0 Å². The molecular formula is C14H20F2N2. The normalized spacial score (nSPS) is 17.3. The Morgan fingerprint density at radius 2 is 2.11 bits per heavy atom. The van der Waals surface area contributed by atoms with Gasteiger partial charge in [0.1, 0.15) is 0 Å². The Kier molecular flexibility index (Phi) is 3.57. The van der Waals surface area contributed by atoms with Gasteiger partial charge in [0.25, 0.3) is 6.43 Å². The van der Waals surface area contributed by atoms with Crippen molar-refractivity contribution in [3.63, 3.8) is 0 Å². The van der Waals surface area contributed by atoms with Crippen molar-refractivity contribution in [1.82, 2.24) is 5.32 Å². The summed E-state index contributed by atoms with van der Waals surface area (Å²) in [5.41, 5.74) is 3.71. The number of halogens is 2. The Labute approximate surface area is 107 Å². The molecule has 0 unspecified atom stereocenters. The lowest BCUT2D eigenvalue weighted by molar-refractivity contribution is 0.145. The van der Waals surface area contributed by atoms with Crippen molar-refractivity contribution < 1.29 is 8.78 Å². The summed E-state index contributed by atoms with van der Waals surface area (Å²) >= 11 is 0. The Morgan fingerprint density at radius 1 is 1.39 bits per heavy atom. The van der Waals surface area contributed by atoms with Crippen molar-refractivity contribution >= 4 is 5.69 Å². The second-order valence-corrected chi connectivity index (χ2v) is 5.57. The molecule has 0 atom stereocenters. The van der Waals surface area contributed by atoms with Crippen molar-refractivity contribution in [2.75, 3.05) is 25.0 Å². The third-order valence-electron chi connectivity index (χ3n) is 3.46. The lowest BCUT2D eigenvalue weighted by atomic mass is 9.84. The Balaban J connectivity index is 2.23. The molecule has 0 radical (unpaired) electrons. The number of anilines is 1. The van der Waals surface area contributed by atoms with Gasteiger partial charge in [-0.25, -0.2) is 8.78 Å². The predicted molar refractivity (Wildman–Crippen MR) is 70.4 cm³/mol. The molecule has 4 heteroatoms. The van der Waals surface area contributed by atoms with Crippen LogP contribution in [0.25, 0.3) is 0 Å². The highest BCUT2D eigenvalue weighted by molar-refractivity contribution is 5.64. The molecule has 1 aromatic carbocycles. The lowest BCUT2D eigenvalue weighted by Crippen LogP contribution is -2.26. The van der Waals surface area contributed by atoms with Crippen molar-refractivity contribution in [2.24, 2.45) is 0 Å². The first-order chi connectivity index (χ1) is 8.42. The van der Waals surface area contributed by atoms with Crippen molar-refractivity contribution in [3.8, 4) is 0 Å². The van der Waals surface area contributed by atoms with Crippen LogP contribution in [0.15, 0.2) is 18.2 Å². The third-order valence-corrected chi connectivity index (χ3v) is 3.46. The number of nitrogens with one attached hydrogen (secondary N) is 1. The van der Waals surface area contributed by atoms with Crippen molar-refractivity contribution in [3.05, 3.63) is 29.3 Å². The average molecular weight is 254 g/mol. The Bertz CT molecular complexity index is 430. The first-order valence-electron chi connectivity index (χ1n) is 6.24. The van der Waals surface area contributed by atoms with Crippen LogP contribution in [0.1, 0.15) is 25.0 Å². The predicted octanol–water partition coefficient (Wildman–Crippen LogP) is 2.77. The third kappa shape index (κ3) is 2.48. The number of rotatable bonds is 4. The highest BCUT2D eigenvalue weighted by atomic mass is 19.3. The topological polar surface area (TPSA) is 15.3 Å². The molecule has 18 heavy (non-hydrogen) atoms. The smallest absolute Gasteiger partial charge is 0.250 e. The van der Waals surface area contributed by atoms with Crippen LogP contribution in [0.5, 0.6) is 0 Å². The van der Waals surface area contributed by atoms with Gasteiger partial charge in [0, 0.05) is 31.2 Å². The van der Waals surface area contributed by atoms with Crippen LogP contribution in [0.3, 0.4) is 0 Å². The number of hydrogen-bond donors (Lipinski definition) is 1. The molecule has 1 aromatic rings. The molecule has 1 aliphatic heterocycles. The minimum absolute atomic E-state index is 0.0766. The highest BCUT2D eigenvalue weighted by Crippen LogP contribution is 2.41. The van der Waals surface area contributed by atoms with E-state index in [1.807, 2.05) is 12.1 Å². The molecule has 1 heterocycles. The minimum Gasteiger partial charge on any atom is -0.373 e. The fraction of sp³-hybridized carbons (Fsp3) is 0.571. The number of benzene rings is 1. The molecule has 2 nitrogen and oxygen atoms in total. The van der Waals surface area contributed by atoms with Crippen LogP contribution in [-0.2, 0) is 12.0 Å². The van der Waals surface area contributed by atoms with Crippen LogP contribution in [0, 0.1) is 0 Å². The number of fused-ring (bicyclic) bond motifs is 1. The summed E-state index contributed by atoms with van der Waals surface area (Å²) in [6.07, 6.45) is -2.29. The van der Waals surface area contributed by atoms with E-state index >= 15 is 0 Å². The first kappa shape index (κ1) is 13.3. The van der Waals surface area contributed by atoms with Gasteiger partial charge < -0.3 is 10.2 Å². The maximum Gasteiger partial charge on any atom is 0.250 e. The van der Waals surface area contributed by atoms with Gasteiger partial charge in [0.2, 0.25) is 0 Å². The number of hydrogen-bond acceptors (Lipinski definition) is 2. The van der Waals surface area contributed by atoms with Crippen LogP contribution in [0.2, 0.25) is 0 Å². The molecule has 0 fully saturated rings. The fourth-order valence-corrected chi connectivity index (χ4v) is 2.91. The maximum absolute atomic E-state index is 12.2. The summed E-state index contributed by atoms with van der Waals surface area (Å²) in [6, 6.07) is 6.12. The zero-order valence-corrected chi connectivity index (χ0v) is 11.1. The van der Waals surface area contributed by atoms with E-state index in [1.54, 1.807) is 0 Å². The largest absolute Gasteiger partial charge is 0.373 e. The summed E-state index contributed by atoms with van der Waals surface area (Å²) in [6.45, 7) is 5.62. The summed E-state index contributed by atoms with van der Waals surface area (Å²) < 4.78 is 24.3. The number of nitrogens with zero attached hydrogens (tertiary/aromatic N) is 1. The van der Waals surface area contributed by atoms with E-state index < -0.39 is 6.43 Å². The highest BCUT2D eigenvalue weighted by Gasteiger charge is 2.34. The molecular weight excluding hydrogens is 234 g/mol. The minimum atomic E-state index is -2.29. The van der Waals surface area contributed by atoms with E-state index in [-0.39, 0.29) is 12.0 Å². The molecule has 0 amide bonds. The van der Waals surface area contributed by atoms with E-state index in [4.69, 9.17) is 0 Å². The molecule has 0 aromatic heterocycles. The molecule has 1 N–H and O–H groups in total. The molecule has 100 valence electrons. The monoisotopic (exact) mass is 254 g/mol. The summed E-state index contributed by atoms with van der Waals surface area (Å²) in [5, 5.41) is 2.81. The molecule has 1 aliphatic rings. The Morgan fingerprint density at radius 3 is 2.78 bits per heavy atom. The molecule has 0 saturated carbocycles. The van der Waals surface area contributed by atoms with Gasteiger partial charge in [0.15, 0.2) is 0 Å². The van der Waals surface area contributed by atoms with Crippen LogP contribution < -0.4 is 10.2 Å². The number of likely N-dealkylation sites (N-methyl/N-ethyl adjacent to an activating group) is 1. The molecule has 0 bridgehead atoms. The van der Waals surface area contributed by atoms with Gasteiger partial charge in [-0.15, -0.1) is 0 Å². The van der Waals surface area contributed by atoms with Gasteiger partial charge in [0.05, 0.1) is 6.54 Å². The van der Waals surface area contributed by atoms with E-state index in [9.17, 15) is 8.78 Å². The van der Waals surface area contributed by atoms with Gasteiger partial charge in [-0.05, 0) is 17.2 Å². The second-order valence-electron chi connectivity index (χ2n) is 5.57. The van der Waals surface area contributed by atoms with Crippen LogP contribution in [0.4, 0.5) is 14.5 Å². The summed E-state index contributed by atoms with van der Waals surface area (Å²) in [7, 11) is 2.07. The van der Waals surface area contributed by atoms with E-state index in [2.05, 4.69) is 37.2 Å². The average Bonchev–Trinajstić information content (AvgIpc) is 2.50. The molecule has 0 aliphatic carbocycles. The van der Waals surface area contributed by atoms with Gasteiger partial charge >= 0.3 is 0 Å². The van der Waals surface area contributed by atoms with E-state index in [0.717, 1.165) is 12.1 Å². The SMILES string of the molecule is CN1CC(C)(C)c2c(CNCC(F)F)cccc21. The first-order valence-corrected chi connectivity index (χ1v) is 6.24. The quantitative estimate of drug-likeness (QED) is 0.888. The Hall–Kier alpha value is -1.16. The molecule has 2 rings (SSSR count). The zero-order chi connectivity index (χ0) is 13.3. The molecule has 0 saturated heterocycles. The maximum atomic E-state index is 12.2. The summed E-state index contributed by atoms with van der Waals surface area (Å²) in [4.78, 5) is 2.23. The van der Waals surface area contributed by atoms with Crippen LogP contribution in [-0.4, -0.2) is 26.6 Å². The lowest BCUT2D eigenvalue weighted by Gasteiger charge is -2.21. The second kappa shape index (κ2) is 4.84. The van der Waals surface area contributed by atoms with Gasteiger partial charge in [-0.1, -0.05) is 26.0 Å². The van der Waals surface area contributed by atoms with Crippen LogP contribution >= 0.6 is 0 Å². The van der Waals surface area contributed by atoms with Crippen molar-refractivity contribution in [1.29, 1.82) is 0 Å². The molecule has 0 spiro atoms. The van der Waals surface area contributed by atoms with E-state index in [0.29, 0.717) is 6.54 Å². The van der Waals surface area contributed by atoms with E-state index in [1.165, 1.54) is 11.3 Å². The summed E-state index contributed by atoms with van der Waals surface area (Å²) in [5.74, 6) is 0. The van der Waals surface area contributed by atoms with Crippen molar-refractivity contribution in [2.45, 2.75) is 32.2 Å². The fourth-order valence-electron chi connectivity index (χ4n) is 2.91. The van der Waals surface area contributed by atoms with Gasteiger partial charge in [-0.2, -0.15) is 0 Å².